The van der Waals surface area contributed by atoms with Crippen molar-refractivity contribution in [1.82, 2.24) is 19.9 Å². The normalized spacial score (nSPS) is 10.7. The third-order valence-corrected chi connectivity index (χ3v) is 2.18. The summed E-state index contributed by atoms with van der Waals surface area (Å²) >= 11 is 0. The second kappa shape index (κ2) is 3.61. The molecule has 0 atom stereocenters. The van der Waals surface area contributed by atoms with Crippen LogP contribution in [0, 0.1) is 6.92 Å². The van der Waals surface area contributed by atoms with Gasteiger partial charge in [-0.15, -0.1) is 0 Å². The average molecular weight is 192 g/mol. The molecular weight excluding hydrogens is 180 g/mol. The highest BCUT2D eigenvalue weighted by Gasteiger charge is 2.07. The molecule has 5 heteroatoms. The first kappa shape index (κ1) is 8.93. The fourth-order valence-electron chi connectivity index (χ4n) is 1.35. The van der Waals surface area contributed by atoms with Gasteiger partial charge in [-0.2, -0.15) is 0 Å². The second-order valence-corrected chi connectivity index (χ2v) is 3.12. The topological polar surface area (TPSA) is 56.7 Å². The molecule has 0 aliphatic heterocycles. The lowest BCUT2D eigenvalue weighted by atomic mass is 10.3. The highest BCUT2D eigenvalue weighted by molar-refractivity contribution is 5.07. The van der Waals surface area contributed by atoms with Crippen molar-refractivity contribution in [2.45, 2.75) is 26.8 Å². The molecule has 2 aromatic rings. The minimum Gasteiger partial charge on any atom is -0.329 e. The van der Waals surface area contributed by atoms with Crippen molar-refractivity contribution in [2.24, 2.45) is 0 Å². The highest BCUT2D eigenvalue weighted by Crippen LogP contribution is 2.06. The van der Waals surface area contributed by atoms with Crippen molar-refractivity contribution < 1.29 is 4.63 Å². The van der Waals surface area contributed by atoms with Crippen LogP contribution in [0.5, 0.6) is 0 Å². The van der Waals surface area contributed by atoms with Crippen molar-refractivity contribution in [3.8, 4) is 0 Å². The molecule has 5 nitrogen and oxygen atoms in total. The van der Waals surface area contributed by atoms with E-state index in [2.05, 4.69) is 26.9 Å². The van der Waals surface area contributed by atoms with Crippen molar-refractivity contribution in [3.63, 3.8) is 0 Å². The van der Waals surface area contributed by atoms with Crippen molar-refractivity contribution in [1.29, 1.82) is 0 Å². The first-order chi connectivity index (χ1) is 6.81. The maximum absolute atomic E-state index is 4.63. The van der Waals surface area contributed by atoms with Gasteiger partial charge in [0.05, 0.1) is 6.54 Å². The summed E-state index contributed by atoms with van der Waals surface area (Å²) in [6.45, 7) is 4.64. The van der Waals surface area contributed by atoms with Gasteiger partial charge in [0.25, 0.3) is 0 Å². The van der Waals surface area contributed by atoms with E-state index in [9.17, 15) is 0 Å². The van der Waals surface area contributed by atoms with Crippen LogP contribution in [0.1, 0.15) is 24.1 Å². The molecule has 0 unspecified atom stereocenters. The number of rotatable bonds is 3. The summed E-state index contributed by atoms with van der Waals surface area (Å²) < 4.78 is 6.68. The molecular formula is C9H12N4O. The van der Waals surface area contributed by atoms with Crippen LogP contribution >= 0.6 is 0 Å². The van der Waals surface area contributed by atoms with Crippen LogP contribution in [-0.2, 0) is 13.0 Å². The standard InChI is InChI=1S/C9H12N4O/c1-3-9-10-4-5-13(9)6-8-7(2)11-14-12-8/h4-5H,3,6H2,1-2H3. The maximum Gasteiger partial charge on any atom is 0.127 e. The number of imidazole rings is 1. The molecule has 0 spiro atoms. The molecule has 0 amide bonds. The lowest BCUT2D eigenvalue weighted by Crippen LogP contribution is -2.04. The lowest BCUT2D eigenvalue weighted by molar-refractivity contribution is 0.300. The Morgan fingerprint density at radius 2 is 2.29 bits per heavy atom. The van der Waals surface area contributed by atoms with Crippen LogP contribution in [0.2, 0.25) is 0 Å². The first-order valence-electron chi connectivity index (χ1n) is 4.59. The Bertz CT molecular complexity index is 418. The zero-order valence-corrected chi connectivity index (χ0v) is 8.27. The Balaban J connectivity index is 2.22. The summed E-state index contributed by atoms with van der Waals surface area (Å²) in [5, 5.41) is 7.56. The Labute approximate surface area is 81.7 Å². The van der Waals surface area contributed by atoms with Crippen LogP contribution in [0.4, 0.5) is 0 Å². The van der Waals surface area contributed by atoms with E-state index in [1.165, 1.54) is 0 Å². The molecule has 74 valence electrons. The number of aryl methyl sites for hydroxylation is 2. The van der Waals surface area contributed by atoms with Gasteiger partial charge in [0.2, 0.25) is 0 Å². The average Bonchev–Trinajstić information content (AvgIpc) is 2.77. The number of nitrogens with zero attached hydrogens (tertiary/aromatic N) is 4. The van der Waals surface area contributed by atoms with E-state index in [4.69, 9.17) is 0 Å². The molecule has 0 aliphatic rings. The fourth-order valence-corrected chi connectivity index (χ4v) is 1.35. The van der Waals surface area contributed by atoms with E-state index in [1.807, 2.05) is 17.7 Å². The van der Waals surface area contributed by atoms with Crippen LogP contribution in [0.25, 0.3) is 0 Å². The Morgan fingerprint density at radius 1 is 1.43 bits per heavy atom. The van der Waals surface area contributed by atoms with Gasteiger partial charge in [0.15, 0.2) is 0 Å². The van der Waals surface area contributed by atoms with E-state index in [1.54, 1.807) is 6.20 Å². The molecule has 0 fully saturated rings. The van der Waals surface area contributed by atoms with Gasteiger partial charge in [-0.1, -0.05) is 17.2 Å². The van der Waals surface area contributed by atoms with Crippen LogP contribution in [0.15, 0.2) is 17.0 Å². The molecule has 0 bridgehead atoms. The summed E-state index contributed by atoms with van der Waals surface area (Å²) in [5.41, 5.74) is 1.69. The molecule has 14 heavy (non-hydrogen) atoms. The van der Waals surface area contributed by atoms with E-state index in [-0.39, 0.29) is 0 Å². The molecule has 0 saturated heterocycles. The van der Waals surface area contributed by atoms with Crippen molar-refractivity contribution >= 4 is 0 Å². The number of hydrogen-bond donors (Lipinski definition) is 0. The molecule has 0 radical (unpaired) electrons. The Kier molecular flexibility index (Phi) is 2.30. The fraction of sp³-hybridized carbons (Fsp3) is 0.444. The zero-order valence-electron chi connectivity index (χ0n) is 8.27. The van der Waals surface area contributed by atoms with Gasteiger partial charge >= 0.3 is 0 Å². The van der Waals surface area contributed by atoms with Crippen LogP contribution in [-0.4, -0.2) is 19.9 Å². The molecule has 0 aromatic carbocycles. The highest BCUT2D eigenvalue weighted by atomic mass is 16.6. The second-order valence-electron chi connectivity index (χ2n) is 3.12. The Morgan fingerprint density at radius 3 is 2.93 bits per heavy atom. The SMILES string of the molecule is CCc1nccn1Cc1nonc1C. The monoisotopic (exact) mass is 192 g/mol. The predicted octanol–water partition coefficient (Wildman–Crippen LogP) is 1.19. The van der Waals surface area contributed by atoms with Gasteiger partial charge in [-0.25, -0.2) is 9.61 Å². The van der Waals surface area contributed by atoms with Gasteiger partial charge in [-0.05, 0) is 6.92 Å². The van der Waals surface area contributed by atoms with Crippen LogP contribution in [0.3, 0.4) is 0 Å². The lowest BCUT2D eigenvalue weighted by Gasteiger charge is -2.02. The minimum atomic E-state index is 0.679. The van der Waals surface area contributed by atoms with E-state index < -0.39 is 0 Å². The zero-order chi connectivity index (χ0) is 9.97. The summed E-state index contributed by atoms with van der Waals surface area (Å²) in [6, 6.07) is 0. The number of hydrogen-bond acceptors (Lipinski definition) is 4. The molecule has 2 heterocycles. The number of aromatic nitrogens is 4. The van der Waals surface area contributed by atoms with E-state index in [0.717, 1.165) is 23.6 Å². The Hall–Kier alpha value is -1.65. The molecule has 0 N–H and O–H groups in total. The summed E-state index contributed by atoms with van der Waals surface area (Å²) in [6.07, 6.45) is 4.64. The summed E-state index contributed by atoms with van der Waals surface area (Å²) in [7, 11) is 0. The third-order valence-electron chi connectivity index (χ3n) is 2.18. The van der Waals surface area contributed by atoms with Gasteiger partial charge in [0.1, 0.15) is 17.2 Å². The minimum absolute atomic E-state index is 0.679. The maximum atomic E-state index is 4.63. The largest absolute Gasteiger partial charge is 0.329 e. The van der Waals surface area contributed by atoms with Gasteiger partial charge in [-0.3, -0.25) is 0 Å². The summed E-state index contributed by atoms with van der Waals surface area (Å²) in [5.74, 6) is 1.05. The van der Waals surface area contributed by atoms with Gasteiger partial charge < -0.3 is 4.57 Å². The first-order valence-corrected chi connectivity index (χ1v) is 4.59. The van der Waals surface area contributed by atoms with E-state index >= 15 is 0 Å². The molecule has 0 saturated carbocycles. The quantitative estimate of drug-likeness (QED) is 0.732. The van der Waals surface area contributed by atoms with Crippen LogP contribution < -0.4 is 0 Å². The molecule has 2 aromatic heterocycles. The van der Waals surface area contributed by atoms with Crippen molar-refractivity contribution in [2.75, 3.05) is 0 Å². The summed E-state index contributed by atoms with van der Waals surface area (Å²) in [4.78, 5) is 4.23. The van der Waals surface area contributed by atoms with Gasteiger partial charge in [0, 0.05) is 18.8 Å². The van der Waals surface area contributed by atoms with E-state index in [0.29, 0.717) is 6.54 Å². The van der Waals surface area contributed by atoms with Crippen molar-refractivity contribution in [3.05, 3.63) is 29.6 Å². The molecule has 2 rings (SSSR count). The smallest absolute Gasteiger partial charge is 0.127 e. The third kappa shape index (κ3) is 1.53. The predicted molar refractivity (Wildman–Crippen MR) is 49.7 cm³/mol. The molecule has 0 aliphatic carbocycles.